The summed E-state index contributed by atoms with van der Waals surface area (Å²) in [6.45, 7) is 0. The Morgan fingerprint density at radius 3 is 2.78 bits per heavy atom. The number of amides is 1. The molecule has 120 valence electrons. The van der Waals surface area contributed by atoms with Crippen molar-refractivity contribution in [2.24, 2.45) is 0 Å². The number of rotatable bonds is 4. The Morgan fingerprint density at radius 1 is 1.22 bits per heavy atom. The smallest absolute Gasteiger partial charge is 0.230 e. The van der Waals surface area contributed by atoms with Crippen molar-refractivity contribution >= 4 is 29.4 Å². The molecule has 1 aliphatic heterocycles. The van der Waals surface area contributed by atoms with Gasteiger partial charge in [0.2, 0.25) is 5.91 Å². The van der Waals surface area contributed by atoms with E-state index in [1.807, 2.05) is 6.07 Å². The lowest BCUT2D eigenvalue weighted by Crippen LogP contribution is -2.32. The van der Waals surface area contributed by atoms with Crippen molar-refractivity contribution in [1.82, 2.24) is 5.32 Å². The van der Waals surface area contributed by atoms with Crippen molar-refractivity contribution in [1.29, 1.82) is 0 Å². The van der Waals surface area contributed by atoms with Crippen LogP contribution in [0, 0.1) is 11.6 Å². The van der Waals surface area contributed by atoms with E-state index in [-0.39, 0.29) is 29.3 Å². The molecule has 0 saturated heterocycles. The van der Waals surface area contributed by atoms with E-state index in [2.05, 4.69) is 5.32 Å². The molecule has 1 unspecified atom stereocenters. The number of hydrogen-bond acceptors (Lipinski definition) is 3. The first kappa shape index (κ1) is 16.3. The van der Waals surface area contributed by atoms with E-state index in [1.54, 1.807) is 18.2 Å². The van der Waals surface area contributed by atoms with Crippen molar-refractivity contribution in [3.63, 3.8) is 0 Å². The summed E-state index contributed by atoms with van der Waals surface area (Å²) in [5.74, 6) is 0.403. The van der Waals surface area contributed by atoms with Crippen LogP contribution in [0.2, 0.25) is 0 Å². The highest BCUT2D eigenvalue weighted by Gasteiger charge is 2.24. The molecule has 0 aliphatic carbocycles. The van der Waals surface area contributed by atoms with Crippen molar-refractivity contribution in [2.45, 2.75) is 22.3 Å². The van der Waals surface area contributed by atoms with Crippen LogP contribution in [0.3, 0.4) is 0 Å². The van der Waals surface area contributed by atoms with Gasteiger partial charge >= 0.3 is 0 Å². The molecular weight excluding hydrogens is 336 g/mol. The lowest BCUT2D eigenvalue weighted by Gasteiger charge is -2.26. The molecule has 0 spiro atoms. The molecule has 0 saturated carbocycles. The third kappa shape index (κ3) is 4.06. The average Bonchev–Trinajstić information content (AvgIpc) is 2.55. The minimum absolute atomic E-state index is 0.105. The van der Waals surface area contributed by atoms with Crippen molar-refractivity contribution in [2.75, 3.05) is 11.5 Å². The van der Waals surface area contributed by atoms with Gasteiger partial charge in [0, 0.05) is 15.5 Å². The summed E-state index contributed by atoms with van der Waals surface area (Å²) in [5, 5.41) is 2.97. The number of thioether (sulfide) groups is 2. The Morgan fingerprint density at radius 2 is 2.00 bits per heavy atom. The molecule has 2 nitrogen and oxygen atoms in total. The number of nitrogens with one attached hydrogen (secondary N) is 1. The quantitative estimate of drug-likeness (QED) is 0.827. The van der Waals surface area contributed by atoms with Crippen molar-refractivity contribution in [3.05, 3.63) is 59.7 Å². The van der Waals surface area contributed by atoms with Crippen LogP contribution in [0.4, 0.5) is 8.78 Å². The van der Waals surface area contributed by atoms with Crippen LogP contribution in [0.1, 0.15) is 18.0 Å². The number of carbonyl (C=O) groups is 1. The van der Waals surface area contributed by atoms with Gasteiger partial charge in [0.15, 0.2) is 0 Å². The number of carbonyl (C=O) groups excluding carboxylic acids is 1. The molecule has 2 aromatic rings. The molecule has 0 aromatic heterocycles. The summed E-state index contributed by atoms with van der Waals surface area (Å²) in [6.07, 6.45) is 0.786. The topological polar surface area (TPSA) is 29.1 Å². The normalized spacial score (nSPS) is 16.7. The minimum Gasteiger partial charge on any atom is -0.348 e. The summed E-state index contributed by atoms with van der Waals surface area (Å²) in [7, 11) is 0. The largest absolute Gasteiger partial charge is 0.348 e. The fraction of sp³-hybridized carbons (Fsp3) is 0.235. The minimum atomic E-state index is -0.294. The van der Waals surface area contributed by atoms with E-state index in [0.29, 0.717) is 4.90 Å². The van der Waals surface area contributed by atoms with Gasteiger partial charge < -0.3 is 5.32 Å². The molecule has 1 heterocycles. The molecule has 2 aromatic carbocycles. The van der Waals surface area contributed by atoms with Gasteiger partial charge in [0.25, 0.3) is 0 Å². The summed E-state index contributed by atoms with van der Waals surface area (Å²) in [5.41, 5.74) is 0.849. The predicted molar refractivity (Wildman–Crippen MR) is 89.7 cm³/mol. The monoisotopic (exact) mass is 351 g/mol. The molecule has 6 heteroatoms. The van der Waals surface area contributed by atoms with Crippen LogP contribution in [0.5, 0.6) is 0 Å². The van der Waals surface area contributed by atoms with Gasteiger partial charge in [0.05, 0.1) is 11.8 Å². The van der Waals surface area contributed by atoms with Crippen LogP contribution < -0.4 is 5.32 Å². The van der Waals surface area contributed by atoms with Gasteiger partial charge in [-0.3, -0.25) is 4.79 Å². The molecule has 1 aliphatic rings. The Balaban J connectivity index is 1.61. The average molecular weight is 351 g/mol. The second kappa shape index (κ2) is 7.36. The Bertz CT molecular complexity index is 706. The second-order valence-electron chi connectivity index (χ2n) is 5.16. The molecular formula is C17H15F2NOS2. The first-order valence-electron chi connectivity index (χ1n) is 7.22. The zero-order valence-electron chi connectivity index (χ0n) is 12.2. The maximum Gasteiger partial charge on any atom is 0.230 e. The van der Waals surface area contributed by atoms with Gasteiger partial charge in [0.1, 0.15) is 11.6 Å². The SMILES string of the molecule is O=C(CSc1ccc(F)cc1)NC1CCSc2c(F)cccc21. The Kier molecular flexibility index (Phi) is 5.23. The van der Waals surface area contributed by atoms with Crippen LogP contribution in [0.15, 0.2) is 52.3 Å². The second-order valence-corrected chi connectivity index (χ2v) is 7.31. The highest BCUT2D eigenvalue weighted by molar-refractivity contribution is 8.00. The van der Waals surface area contributed by atoms with Crippen LogP contribution in [-0.2, 0) is 4.79 Å². The zero-order valence-corrected chi connectivity index (χ0v) is 13.9. The molecule has 1 atom stereocenters. The van der Waals surface area contributed by atoms with Crippen molar-refractivity contribution < 1.29 is 13.6 Å². The van der Waals surface area contributed by atoms with Gasteiger partial charge in [-0.2, -0.15) is 0 Å². The van der Waals surface area contributed by atoms with E-state index in [4.69, 9.17) is 0 Å². The lowest BCUT2D eigenvalue weighted by atomic mass is 10.0. The van der Waals surface area contributed by atoms with Gasteiger partial charge in [-0.25, -0.2) is 8.78 Å². The molecule has 1 amide bonds. The summed E-state index contributed by atoms with van der Waals surface area (Å²) >= 11 is 2.84. The number of benzene rings is 2. The molecule has 0 radical (unpaired) electrons. The first-order chi connectivity index (χ1) is 11.1. The molecule has 1 N–H and O–H groups in total. The molecule has 0 fully saturated rings. The van der Waals surface area contributed by atoms with Crippen LogP contribution >= 0.6 is 23.5 Å². The van der Waals surface area contributed by atoms with Gasteiger partial charge in [-0.1, -0.05) is 12.1 Å². The predicted octanol–water partition coefficient (Wildman–Crippen LogP) is 4.41. The maximum atomic E-state index is 13.8. The Hall–Kier alpha value is -1.53. The maximum absolute atomic E-state index is 13.8. The number of halogens is 2. The summed E-state index contributed by atoms with van der Waals surface area (Å²) < 4.78 is 26.7. The standard InChI is InChI=1S/C17H15F2NOS2/c18-11-4-6-12(7-5-11)23-10-16(21)20-15-8-9-22-17-13(15)2-1-3-14(17)19/h1-7,15H,8-10H2,(H,20,21). The van der Waals surface area contributed by atoms with Crippen LogP contribution in [0.25, 0.3) is 0 Å². The molecule has 23 heavy (non-hydrogen) atoms. The van der Waals surface area contributed by atoms with E-state index in [0.717, 1.165) is 22.6 Å². The molecule has 0 bridgehead atoms. The third-order valence-corrected chi connectivity index (χ3v) is 5.72. The fourth-order valence-corrected chi connectivity index (χ4v) is 4.30. The highest BCUT2D eigenvalue weighted by atomic mass is 32.2. The van der Waals surface area contributed by atoms with Crippen molar-refractivity contribution in [3.8, 4) is 0 Å². The van der Waals surface area contributed by atoms with E-state index in [1.165, 1.54) is 41.7 Å². The first-order valence-corrected chi connectivity index (χ1v) is 9.19. The Labute approximate surface area is 142 Å². The van der Waals surface area contributed by atoms with Gasteiger partial charge in [-0.05, 0) is 42.3 Å². The number of hydrogen-bond donors (Lipinski definition) is 1. The molecule has 3 rings (SSSR count). The van der Waals surface area contributed by atoms with Gasteiger partial charge in [-0.15, -0.1) is 23.5 Å². The third-order valence-electron chi connectivity index (χ3n) is 3.54. The van der Waals surface area contributed by atoms with Crippen LogP contribution in [-0.4, -0.2) is 17.4 Å². The lowest BCUT2D eigenvalue weighted by molar-refractivity contribution is -0.119. The zero-order chi connectivity index (χ0) is 16.2. The fourth-order valence-electron chi connectivity index (χ4n) is 2.45. The highest BCUT2D eigenvalue weighted by Crippen LogP contribution is 2.37. The number of fused-ring (bicyclic) bond motifs is 1. The summed E-state index contributed by atoms with van der Waals surface area (Å²) in [6, 6.07) is 10.9. The van der Waals surface area contributed by atoms with E-state index < -0.39 is 0 Å². The summed E-state index contributed by atoms with van der Waals surface area (Å²) in [4.78, 5) is 13.6. The van der Waals surface area contributed by atoms with E-state index >= 15 is 0 Å². The van der Waals surface area contributed by atoms with E-state index in [9.17, 15) is 13.6 Å².